The Morgan fingerprint density at radius 1 is 1.09 bits per heavy atom. The van der Waals surface area contributed by atoms with Gasteiger partial charge in [0.15, 0.2) is 0 Å². The summed E-state index contributed by atoms with van der Waals surface area (Å²) in [5, 5.41) is 2.86. The molecule has 0 radical (unpaired) electrons. The number of carbonyl (C=O) groups is 2. The Balaban J connectivity index is 2.96. The maximum atomic E-state index is 12.1. The van der Waals surface area contributed by atoms with Gasteiger partial charge < -0.3 is 10.2 Å². The van der Waals surface area contributed by atoms with E-state index in [1.54, 1.807) is 11.8 Å². The predicted octanol–water partition coefficient (Wildman–Crippen LogP) is 3.08. The van der Waals surface area contributed by atoms with Gasteiger partial charge in [0.05, 0.1) is 0 Å². The van der Waals surface area contributed by atoms with E-state index in [1.807, 2.05) is 13.0 Å². The number of nitrogens with zero attached hydrogens (tertiary/aromatic N) is 1. The highest BCUT2D eigenvalue weighted by atomic mass is 16.2. The first-order valence-corrected chi connectivity index (χ1v) is 8.20. The molecule has 0 aromatic heterocycles. The molecule has 1 aromatic rings. The smallest absolute Gasteiger partial charge is 0.223 e. The summed E-state index contributed by atoms with van der Waals surface area (Å²) >= 11 is 0. The fourth-order valence-electron chi connectivity index (χ4n) is 2.55. The fourth-order valence-corrected chi connectivity index (χ4v) is 2.55. The van der Waals surface area contributed by atoms with Gasteiger partial charge in [-0.25, -0.2) is 0 Å². The monoisotopic (exact) mass is 304 g/mol. The molecular formula is C18H28N2O2. The van der Waals surface area contributed by atoms with Crippen molar-refractivity contribution in [1.29, 1.82) is 0 Å². The van der Waals surface area contributed by atoms with Crippen molar-refractivity contribution in [3.05, 3.63) is 29.3 Å². The van der Waals surface area contributed by atoms with Crippen molar-refractivity contribution in [2.24, 2.45) is 0 Å². The van der Waals surface area contributed by atoms with Crippen LogP contribution in [0.2, 0.25) is 0 Å². The van der Waals surface area contributed by atoms with Gasteiger partial charge in [-0.3, -0.25) is 9.59 Å². The average molecular weight is 304 g/mol. The molecular weight excluding hydrogens is 276 g/mol. The van der Waals surface area contributed by atoms with Crippen molar-refractivity contribution in [3.8, 4) is 0 Å². The minimum atomic E-state index is -0.0149. The first-order valence-electron chi connectivity index (χ1n) is 8.20. The van der Waals surface area contributed by atoms with Crippen molar-refractivity contribution < 1.29 is 9.59 Å². The van der Waals surface area contributed by atoms with E-state index in [9.17, 15) is 9.59 Å². The number of amides is 2. The van der Waals surface area contributed by atoms with Crippen LogP contribution in [0.15, 0.2) is 18.2 Å². The zero-order chi connectivity index (χ0) is 16.5. The van der Waals surface area contributed by atoms with Crippen LogP contribution in [-0.2, 0) is 22.4 Å². The molecule has 0 atom stereocenters. The van der Waals surface area contributed by atoms with Crippen LogP contribution in [0.1, 0.15) is 51.7 Å². The molecule has 1 rings (SSSR count). The van der Waals surface area contributed by atoms with Crippen molar-refractivity contribution in [3.63, 3.8) is 0 Å². The Bertz CT molecular complexity index is 490. The molecule has 0 heterocycles. The molecule has 0 unspecified atom stereocenters. The second kappa shape index (κ2) is 9.23. The molecule has 4 heteroatoms. The molecule has 0 bridgehead atoms. The summed E-state index contributed by atoms with van der Waals surface area (Å²) < 4.78 is 0. The summed E-state index contributed by atoms with van der Waals surface area (Å²) in [7, 11) is 0. The maximum absolute atomic E-state index is 12.1. The second-order valence-corrected chi connectivity index (χ2v) is 5.40. The molecule has 0 spiro atoms. The number of carbonyl (C=O) groups excluding carboxylic acids is 2. The van der Waals surface area contributed by atoms with E-state index in [1.165, 1.54) is 0 Å². The highest BCUT2D eigenvalue weighted by Crippen LogP contribution is 2.27. The fraction of sp³-hybridized carbons (Fsp3) is 0.556. The summed E-state index contributed by atoms with van der Waals surface area (Å²) in [6, 6.07) is 6.15. The number of hydrogen-bond acceptors (Lipinski definition) is 2. The van der Waals surface area contributed by atoms with E-state index in [0.717, 1.165) is 36.1 Å². The average Bonchev–Trinajstić information content (AvgIpc) is 2.52. The molecule has 1 N–H and O–H groups in total. The van der Waals surface area contributed by atoms with Gasteiger partial charge in [-0.1, -0.05) is 39.0 Å². The Morgan fingerprint density at radius 2 is 1.68 bits per heavy atom. The lowest BCUT2D eigenvalue weighted by molar-refractivity contribution is -0.121. The van der Waals surface area contributed by atoms with Crippen LogP contribution >= 0.6 is 0 Å². The van der Waals surface area contributed by atoms with E-state index in [2.05, 4.69) is 31.3 Å². The normalized spacial score (nSPS) is 10.4. The summed E-state index contributed by atoms with van der Waals surface area (Å²) in [6.07, 6.45) is 2.99. The van der Waals surface area contributed by atoms with Crippen LogP contribution in [0.25, 0.3) is 0 Å². The SMILES string of the molecule is CCCNC(=O)CCN(C(C)=O)c1c(CC)cccc1CC. The van der Waals surface area contributed by atoms with Crippen molar-refractivity contribution in [2.45, 2.75) is 53.4 Å². The third kappa shape index (κ3) is 4.86. The Morgan fingerprint density at radius 3 is 2.14 bits per heavy atom. The van der Waals surface area contributed by atoms with E-state index in [4.69, 9.17) is 0 Å². The van der Waals surface area contributed by atoms with Crippen molar-refractivity contribution >= 4 is 17.5 Å². The number of benzene rings is 1. The highest BCUT2D eigenvalue weighted by Gasteiger charge is 2.18. The first kappa shape index (κ1) is 18.2. The van der Waals surface area contributed by atoms with Crippen LogP contribution in [0.4, 0.5) is 5.69 Å². The third-order valence-electron chi connectivity index (χ3n) is 3.75. The number of nitrogens with one attached hydrogen (secondary N) is 1. The summed E-state index contributed by atoms with van der Waals surface area (Å²) in [6.45, 7) is 8.87. The molecule has 0 saturated heterocycles. The lowest BCUT2D eigenvalue weighted by Gasteiger charge is -2.26. The van der Waals surface area contributed by atoms with Crippen LogP contribution in [0.3, 0.4) is 0 Å². The van der Waals surface area contributed by atoms with E-state index >= 15 is 0 Å². The molecule has 4 nitrogen and oxygen atoms in total. The number of para-hydroxylation sites is 1. The van der Waals surface area contributed by atoms with Gasteiger partial charge in [0.2, 0.25) is 11.8 Å². The highest BCUT2D eigenvalue weighted by molar-refractivity contribution is 5.94. The Hall–Kier alpha value is -1.84. The number of hydrogen-bond donors (Lipinski definition) is 1. The molecule has 0 aliphatic rings. The number of aryl methyl sites for hydroxylation is 2. The molecule has 2 amide bonds. The summed E-state index contributed by atoms with van der Waals surface area (Å²) in [5.74, 6) is -0.0148. The maximum Gasteiger partial charge on any atom is 0.223 e. The van der Waals surface area contributed by atoms with Crippen LogP contribution in [0.5, 0.6) is 0 Å². The van der Waals surface area contributed by atoms with Gasteiger partial charge in [-0.05, 0) is 30.4 Å². The lowest BCUT2D eigenvalue weighted by atomic mass is 10.0. The molecule has 0 aliphatic carbocycles. The third-order valence-corrected chi connectivity index (χ3v) is 3.75. The Labute approximate surface area is 133 Å². The molecule has 0 fully saturated rings. The first-order chi connectivity index (χ1) is 10.5. The van der Waals surface area contributed by atoms with Crippen molar-refractivity contribution in [2.75, 3.05) is 18.0 Å². The minimum absolute atomic E-state index is 0.000119. The zero-order valence-corrected chi connectivity index (χ0v) is 14.2. The van der Waals surface area contributed by atoms with E-state index in [-0.39, 0.29) is 11.8 Å². The minimum Gasteiger partial charge on any atom is -0.356 e. The summed E-state index contributed by atoms with van der Waals surface area (Å²) in [5.41, 5.74) is 3.30. The van der Waals surface area contributed by atoms with Gasteiger partial charge in [-0.15, -0.1) is 0 Å². The van der Waals surface area contributed by atoms with Crippen LogP contribution in [-0.4, -0.2) is 24.9 Å². The van der Waals surface area contributed by atoms with Gasteiger partial charge in [0, 0.05) is 32.1 Å². The van der Waals surface area contributed by atoms with Crippen LogP contribution < -0.4 is 10.2 Å². The van der Waals surface area contributed by atoms with Gasteiger partial charge >= 0.3 is 0 Å². The number of rotatable bonds is 8. The lowest BCUT2D eigenvalue weighted by Crippen LogP contribution is -2.35. The van der Waals surface area contributed by atoms with Gasteiger partial charge in [0.1, 0.15) is 0 Å². The standard InChI is InChI=1S/C18H28N2O2/c1-5-12-19-17(22)11-13-20(14(4)21)18-15(6-2)9-8-10-16(18)7-3/h8-10H,5-7,11-13H2,1-4H3,(H,19,22). The molecule has 1 aromatic carbocycles. The molecule has 22 heavy (non-hydrogen) atoms. The largest absolute Gasteiger partial charge is 0.356 e. The molecule has 0 saturated carbocycles. The quantitative estimate of drug-likeness (QED) is 0.802. The van der Waals surface area contributed by atoms with Crippen LogP contribution in [0, 0.1) is 0 Å². The van der Waals surface area contributed by atoms with Gasteiger partial charge in [-0.2, -0.15) is 0 Å². The topological polar surface area (TPSA) is 49.4 Å². The molecule has 0 aliphatic heterocycles. The van der Waals surface area contributed by atoms with Crippen molar-refractivity contribution in [1.82, 2.24) is 5.32 Å². The predicted molar refractivity (Wildman–Crippen MR) is 91.1 cm³/mol. The van der Waals surface area contributed by atoms with Gasteiger partial charge in [0.25, 0.3) is 0 Å². The summed E-state index contributed by atoms with van der Waals surface area (Å²) in [4.78, 5) is 25.7. The number of anilines is 1. The zero-order valence-electron chi connectivity index (χ0n) is 14.2. The van der Waals surface area contributed by atoms with E-state index < -0.39 is 0 Å². The Kier molecular flexibility index (Phi) is 7.64. The molecule has 122 valence electrons. The second-order valence-electron chi connectivity index (χ2n) is 5.40. The van der Waals surface area contributed by atoms with E-state index in [0.29, 0.717) is 19.5 Å².